The predicted molar refractivity (Wildman–Crippen MR) is 93.8 cm³/mol. The molecule has 11 heteroatoms. The molecule has 1 rings (SSSR count). The van der Waals surface area contributed by atoms with Crippen molar-refractivity contribution in [1.82, 2.24) is 14.9 Å². The summed E-state index contributed by atoms with van der Waals surface area (Å²) < 4.78 is 43.6. The van der Waals surface area contributed by atoms with Crippen molar-refractivity contribution in [2.45, 2.75) is 24.8 Å². The van der Waals surface area contributed by atoms with Crippen molar-refractivity contribution in [3.63, 3.8) is 0 Å². The molecule has 0 aliphatic rings. The van der Waals surface area contributed by atoms with E-state index in [0.29, 0.717) is 0 Å². The van der Waals surface area contributed by atoms with Crippen molar-refractivity contribution < 1.29 is 31.9 Å². The van der Waals surface area contributed by atoms with Gasteiger partial charge in [0.1, 0.15) is 5.82 Å². The second kappa shape index (κ2) is 9.42. The molecular formula is C16H22FN3O6S. The maximum atomic E-state index is 13.8. The normalized spacial score (nSPS) is 11.4. The summed E-state index contributed by atoms with van der Waals surface area (Å²) in [6.45, 7) is 2.44. The Hall–Kier alpha value is -2.53. The van der Waals surface area contributed by atoms with Crippen LogP contribution in [0.15, 0.2) is 23.1 Å². The molecule has 0 atom stereocenters. The number of hydrogen-bond donors (Lipinski definition) is 2. The number of nitrogens with one attached hydrogen (secondary N) is 2. The summed E-state index contributed by atoms with van der Waals surface area (Å²) in [5.74, 6) is -3.38. The largest absolute Gasteiger partial charge is 0.452 e. The molecule has 2 N–H and O–H groups in total. The molecule has 27 heavy (non-hydrogen) atoms. The van der Waals surface area contributed by atoms with Gasteiger partial charge < -0.3 is 15.4 Å². The molecule has 2 amide bonds. The van der Waals surface area contributed by atoms with Gasteiger partial charge in [-0.05, 0) is 32.0 Å². The maximum absolute atomic E-state index is 13.8. The minimum absolute atomic E-state index is 0.0964. The number of hydrogen-bond acceptors (Lipinski definition) is 6. The van der Waals surface area contributed by atoms with Crippen LogP contribution >= 0.6 is 0 Å². The minimum atomic E-state index is -3.87. The van der Waals surface area contributed by atoms with Gasteiger partial charge in [0.15, 0.2) is 6.61 Å². The standard InChI is InChI=1S/C16H22FN3O6S/c1-10(2)19-14(21)8-18-15(22)9-26-16(23)12-7-11(5-6-13(12)17)27(24,25)20(3)4/h5-7,10H,8-9H2,1-4H3,(H,18,22)(H,19,21). The van der Waals surface area contributed by atoms with Gasteiger partial charge in [0.25, 0.3) is 5.91 Å². The van der Waals surface area contributed by atoms with Crippen molar-refractivity contribution in [2.75, 3.05) is 27.2 Å². The number of esters is 1. The summed E-state index contributed by atoms with van der Waals surface area (Å²) in [6.07, 6.45) is 0. The molecule has 0 aromatic heterocycles. The molecule has 0 radical (unpaired) electrons. The smallest absolute Gasteiger partial charge is 0.341 e. The Balaban J connectivity index is 2.72. The van der Waals surface area contributed by atoms with Gasteiger partial charge in [-0.3, -0.25) is 9.59 Å². The first kappa shape index (κ1) is 22.5. The van der Waals surface area contributed by atoms with E-state index in [2.05, 4.69) is 15.4 Å². The summed E-state index contributed by atoms with van der Waals surface area (Å²) in [6, 6.07) is 2.58. The van der Waals surface area contributed by atoms with Crippen molar-refractivity contribution >= 4 is 27.8 Å². The molecule has 9 nitrogen and oxygen atoms in total. The second-order valence-electron chi connectivity index (χ2n) is 6.00. The number of amides is 2. The number of sulfonamides is 1. The number of ether oxygens (including phenoxy) is 1. The molecule has 0 fully saturated rings. The zero-order valence-corrected chi connectivity index (χ0v) is 16.2. The highest BCUT2D eigenvalue weighted by atomic mass is 32.2. The van der Waals surface area contributed by atoms with Crippen molar-refractivity contribution in [3.05, 3.63) is 29.6 Å². The van der Waals surface area contributed by atoms with Gasteiger partial charge in [-0.1, -0.05) is 0 Å². The van der Waals surface area contributed by atoms with Gasteiger partial charge in [0, 0.05) is 20.1 Å². The Morgan fingerprint density at radius 1 is 1.19 bits per heavy atom. The fourth-order valence-corrected chi connectivity index (χ4v) is 2.77. The predicted octanol–water partition coefficient (Wildman–Crippen LogP) is -0.126. The molecule has 0 bridgehead atoms. The number of nitrogens with zero attached hydrogens (tertiary/aromatic N) is 1. The molecule has 0 unspecified atom stereocenters. The first-order chi connectivity index (χ1) is 12.4. The number of halogens is 1. The maximum Gasteiger partial charge on any atom is 0.341 e. The topological polar surface area (TPSA) is 122 Å². The third-order valence-corrected chi connectivity index (χ3v) is 4.98. The summed E-state index contributed by atoms with van der Waals surface area (Å²) in [5, 5.41) is 4.79. The van der Waals surface area contributed by atoms with Gasteiger partial charge in [0.05, 0.1) is 17.0 Å². The summed E-state index contributed by atoms with van der Waals surface area (Å²) in [7, 11) is -1.30. The average molecular weight is 403 g/mol. The Bertz CT molecular complexity index is 823. The third-order valence-electron chi connectivity index (χ3n) is 3.17. The van der Waals surface area contributed by atoms with Crippen LogP contribution in [0.3, 0.4) is 0 Å². The van der Waals surface area contributed by atoms with E-state index in [1.54, 1.807) is 13.8 Å². The molecule has 0 aliphatic heterocycles. The average Bonchev–Trinajstić information content (AvgIpc) is 2.57. The highest BCUT2D eigenvalue weighted by molar-refractivity contribution is 7.89. The first-order valence-electron chi connectivity index (χ1n) is 7.90. The van der Waals surface area contributed by atoms with Crippen LogP contribution in [0.5, 0.6) is 0 Å². The molecule has 0 aliphatic carbocycles. The Morgan fingerprint density at radius 3 is 2.37 bits per heavy atom. The number of carbonyl (C=O) groups excluding carboxylic acids is 3. The van der Waals surface area contributed by atoms with Gasteiger partial charge in [-0.2, -0.15) is 0 Å². The molecule has 150 valence electrons. The zero-order valence-electron chi connectivity index (χ0n) is 15.4. The molecule has 1 aromatic carbocycles. The van der Waals surface area contributed by atoms with Crippen LogP contribution in [-0.4, -0.2) is 63.8 Å². The molecule has 0 spiro atoms. The lowest BCUT2D eigenvalue weighted by molar-refractivity contribution is -0.128. The van der Waals surface area contributed by atoms with Crippen LogP contribution in [0.25, 0.3) is 0 Å². The zero-order chi connectivity index (χ0) is 20.8. The van der Waals surface area contributed by atoms with Crippen molar-refractivity contribution in [2.24, 2.45) is 0 Å². The number of carbonyl (C=O) groups is 3. The van der Waals surface area contributed by atoms with Crippen molar-refractivity contribution in [3.8, 4) is 0 Å². The van der Waals surface area contributed by atoms with E-state index in [1.165, 1.54) is 14.1 Å². The second-order valence-corrected chi connectivity index (χ2v) is 8.16. The fourth-order valence-electron chi connectivity index (χ4n) is 1.84. The lowest BCUT2D eigenvalue weighted by Crippen LogP contribution is -2.41. The molecule has 0 saturated carbocycles. The Morgan fingerprint density at radius 2 is 1.81 bits per heavy atom. The van der Waals surface area contributed by atoms with E-state index in [-0.39, 0.29) is 17.5 Å². The van der Waals surface area contributed by atoms with Gasteiger partial charge in [0.2, 0.25) is 15.9 Å². The summed E-state index contributed by atoms with van der Waals surface area (Å²) >= 11 is 0. The highest BCUT2D eigenvalue weighted by Crippen LogP contribution is 2.18. The van der Waals surface area contributed by atoms with Crippen LogP contribution in [0.4, 0.5) is 4.39 Å². The van der Waals surface area contributed by atoms with Crippen molar-refractivity contribution in [1.29, 1.82) is 0 Å². The van der Waals surface area contributed by atoms with E-state index in [1.807, 2.05) is 0 Å². The Labute approximate surface area is 156 Å². The molecule has 0 saturated heterocycles. The lowest BCUT2D eigenvalue weighted by Gasteiger charge is -2.13. The monoisotopic (exact) mass is 403 g/mol. The summed E-state index contributed by atoms with van der Waals surface area (Å²) in [4.78, 5) is 34.7. The van der Waals surface area contributed by atoms with Crippen LogP contribution in [0.1, 0.15) is 24.2 Å². The number of rotatable bonds is 8. The van der Waals surface area contributed by atoms with E-state index < -0.39 is 45.8 Å². The SMILES string of the molecule is CC(C)NC(=O)CNC(=O)COC(=O)c1cc(S(=O)(=O)N(C)C)ccc1F. The van der Waals surface area contributed by atoms with E-state index in [9.17, 15) is 27.2 Å². The fraction of sp³-hybridized carbons (Fsp3) is 0.438. The van der Waals surface area contributed by atoms with Gasteiger partial charge in [-0.25, -0.2) is 21.9 Å². The summed E-state index contributed by atoms with van der Waals surface area (Å²) in [5.41, 5.74) is -0.622. The van der Waals surface area contributed by atoms with E-state index in [4.69, 9.17) is 0 Å². The van der Waals surface area contributed by atoms with Gasteiger partial charge in [-0.15, -0.1) is 0 Å². The van der Waals surface area contributed by atoms with E-state index in [0.717, 1.165) is 22.5 Å². The number of benzene rings is 1. The van der Waals surface area contributed by atoms with Gasteiger partial charge >= 0.3 is 5.97 Å². The minimum Gasteiger partial charge on any atom is -0.452 e. The third kappa shape index (κ3) is 6.61. The molecular weight excluding hydrogens is 381 g/mol. The molecule has 1 aromatic rings. The lowest BCUT2D eigenvalue weighted by atomic mass is 10.2. The van der Waals surface area contributed by atoms with Crippen LogP contribution in [0, 0.1) is 5.82 Å². The molecule has 0 heterocycles. The first-order valence-corrected chi connectivity index (χ1v) is 9.34. The quantitative estimate of drug-likeness (QED) is 0.584. The Kier molecular flexibility index (Phi) is 7.85. The highest BCUT2D eigenvalue weighted by Gasteiger charge is 2.22. The van der Waals surface area contributed by atoms with Crippen LogP contribution < -0.4 is 10.6 Å². The van der Waals surface area contributed by atoms with Crippen LogP contribution in [-0.2, 0) is 24.3 Å². The van der Waals surface area contributed by atoms with E-state index >= 15 is 0 Å². The van der Waals surface area contributed by atoms with Crippen LogP contribution in [0.2, 0.25) is 0 Å².